The average Bonchev–Trinajstić information content (AvgIpc) is 2.53. The van der Waals surface area contributed by atoms with Gasteiger partial charge in [0.25, 0.3) is 0 Å². The van der Waals surface area contributed by atoms with Crippen molar-refractivity contribution in [3.63, 3.8) is 0 Å². The van der Waals surface area contributed by atoms with Gasteiger partial charge in [-0.25, -0.2) is 0 Å². The lowest BCUT2D eigenvalue weighted by molar-refractivity contribution is 0.414. The second-order valence-corrected chi connectivity index (χ2v) is 6.17. The molecule has 0 heterocycles. The van der Waals surface area contributed by atoms with Crippen molar-refractivity contribution in [2.75, 3.05) is 12.4 Å². The number of ether oxygens (including phenoxy) is 1. The normalized spacial score (nSPS) is 11.6. The molecule has 3 nitrogen and oxygen atoms in total. The highest BCUT2D eigenvalue weighted by atomic mass is 79.9. The average molecular weight is 379 g/mol. The van der Waals surface area contributed by atoms with Crippen LogP contribution in [0, 0.1) is 0 Å². The molecule has 22 heavy (non-hydrogen) atoms. The highest BCUT2D eigenvalue weighted by Crippen LogP contribution is 2.21. The molecule has 0 saturated heterocycles. The highest BCUT2D eigenvalue weighted by molar-refractivity contribution is 9.10. The molecule has 0 aromatic heterocycles. The molecule has 5 heteroatoms. The minimum atomic E-state index is 0.165. The molecule has 0 unspecified atom stereocenters. The van der Waals surface area contributed by atoms with E-state index >= 15 is 0 Å². The summed E-state index contributed by atoms with van der Waals surface area (Å²) in [5.41, 5.74) is 2.14. The Bertz CT molecular complexity index is 631. The van der Waals surface area contributed by atoms with Crippen LogP contribution < -0.4 is 15.4 Å². The summed E-state index contributed by atoms with van der Waals surface area (Å²) in [6.07, 6.45) is 0.937. The molecule has 1 atom stereocenters. The van der Waals surface area contributed by atoms with Gasteiger partial charge >= 0.3 is 0 Å². The van der Waals surface area contributed by atoms with Crippen molar-refractivity contribution < 1.29 is 4.74 Å². The first-order valence-corrected chi connectivity index (χ1v) is 8.29. The third-order valence-corrected chi connectivity index (χ3v) is 4.03. The van der Waals surface area contributed by atoms with E-state index in [0.717, 1.165) is 22.3 Å². The summed E-state index contributed by atoms with van der Waals surface area (Å²) >= 11 is 8.86. The summed E-state index contributed by atoms with van der Waals surface area (Å²) in [6.45, 7) is 2.13. The summed E-state index contributed by atoms with van der Waals surface area (Å²) in [4.78, 5) is 0. The molecule has 0 aliphatic heterocycles. The molecule has 0 amide bonds. The van der Waals surface area contributed by atoms with Crippen molar-refractivity contribution in [3.8, 4) is 5.75 Å². The van der Waals surface area contributed by atoms with Gasteiger partial charge in [-0.05, 0) is 54.5 Å². The Labute approximate surface area is 145 Å². The Morgan fingerprint density at radius 1 is 1.23 bits per heavy atom. The number of anilines is 1. The van der Waals surface area contributed by atoms with Gasteiger partial charge in [0, 0.05) is 10.2 Å². The van der Waals surface area contributed by atoms with E-state index in [0.29, 0.717) is 5.11 Å². The van der Waals surface area contributed by atoms with Crippen LogP contribution in [0.4, 0.5) is 5.69 Å². The molecule has 2 N–H and O–H groups in total. The molecule has 0 saturated carbocycles. The Morgan fingerprint density at radius 2 is 1.95 bits per heavy atom. The first-order valence-electron chi connectivity index (χ1n) is 7.09. The third kappa shape index (κ3) is 4.71. The molecule has 2 aromatic rings. The summed E-state index contributed by atoms with van der Waals surface area (Å²) in [7, 11) is 1.67. The predicted molar refractivity (Wildman–Crippen MR) is 99.5 cm³/mol. The Hall–Kier alpha value is -1.59. The van der Waals surface area contributed by atoms with Gasteiger partial charge in [0.15, 0.2) is 5.11 Å². The standard InChI is InChI=1S/C17H19BrN2OS/c1-3-16(12-7-9-15(21-2)10-8-12)20-17(22)19-14-6-4-5-13(18)11-14/h4-11,16H,3H2,1-2H3,(H2,19,20,22)/t16-/m1/s1. The Morgan fingerprint density at radius 3 is 2.55 bits per heavy atom. The van der Waals surface area contributed by atoms with Crippen LogP contribution in [-0.2, 0) is 0 Å². The number of halogens is 1. The quantitative estimate of drug-likeness (QED) is 0.725. The Balaban J connectivity index is 2.01. The van der Waals surface area contributed by atoms with Gasteiger partial charge in [-0.2, -0.15) is 0 Å². The summed E-state index contributed by atoms with van der Waals surface area (Å²) in [5, 5.41) is 7.17. The number of methoxy groups -OCH3 is 1. The maximum absolute atomic E-state index is 5.41. The van der Waals surface area contributed by atoms with E-state index in [1.54, 1.807) is 7.11 Å². The molecule has 0 aliphatic rings. The van der Waals surface area contributed by atoms with Crippen LogP contribution in [0.1, 0.15) is 24.9 Å². The van der Waals surface area contributed by atoms with Crippen molar-refractivity contribution in [2.24, 2.45) is 0 Å². The van der Waals surface area contributed by atoms with Crippen LogP contribution in [0.3, 0.4) is 0 Å². The van der Waals surface area contributed by atoms with Gasteiger partial charge in [0.05, 0.1) is 13.2 Å². The number of benzene rings is 2. The molecule has 0 spiro atoms. The van der Waals surface area contributed by atoms with Gasteiger partial charge < -0.3 is 15.4 Å². The lowest BCUT2D eigenvalue weighted by Crippen LogP contribution is -2.32. The molecule has 116 valence electrons. The van der Waals surface area contributed by atoms with E-state index in [9.17, 15) is 0 Å². The summed E-state index contributed by atoms with van der Waals surface area (Å²) in [5.74, 6) is 0.855. The summed E-state index contributed by atoms with van der Waals surface area (Å²) < 4.78 is 6.21. The van der Waals surface area contributed by atoms with Gasteiger partial charge in [0.1, 0.15) is 5.75 Å². The smallest absolute Gasteiger partial charge is 0.171 e. The first kappa shape index (κ1) is 16.8. The van der Waals surface area contributed by atoms with Crippen molar-refractivity contribution in [1.82, 2.24) is 5.32 Å². The van der Waals surface area contributed by atoms with Gasteiger partial charge in [-0.3, -0.25) is 0 Å². The van der Waals surface area contributed by atoms with E-state index in [1.807, 2.05) is 36.4 Å². The molecule has 2 rings (SSSR count). The molecular weight excluding hydrogens is 360 g/mol. The van der Waals surface area contributed by atoms with E-state index < -0.39 is 0 Å². The topological polar surface area (TPSA) is 33.3 Å². The fourth-order valence-electron chi connectivity index (χ4n) is 2.15. The van der Waals surface area contributed by atoms with Gasteiger partial charge in [0.2, 0.25) is 0 Å². The molecule has 0 radical (unpaired) electrons. The van der Waals surface area contributed by atoms with E-state index in [4.69, 9.17) is 17.0 Å². The minimum Gasteiger partial charge on any atom is -0.497 e. The second-order valence-electron chi connectivity index (χ2n) is 4.84. The van der Waals surface area contributed by atoms with Crippen molar-refractivity contribution in [3.05, 3.63) is 58.6 Å². The fraction of sp³-hybridized carbons (Fsp3) is 0.235. The van der Waals surface area contributed by atoms with Crippen LogP contribution in [0.5, 0.6) is 5.75 Å². The van der Waals surface area contributed by atoms with Crippen LogP contribution in [0.2, 0.25) is 0 Å². The molecule has 0 fully saturated rings. The SMILES string of the molecule is CC[C@@H](NC(=S)Nc1cccc(Br)c1)c1ccc(OC)cc1. The fourth-order valence-corrected chi connectivity index (χ4v) is 2.81. The van der Waals surface area contributed by atoms with Crippen LogP contribution >= 0.6 is 28.1 Å². The zero-order valence-corrected chi connectivity index (χ0v) is 15.0. The second kappa shape index (κ2) is 8.15. The molecular formula is C17H19BrN2OS. The largest absolute Gasteiger partial charge is 0.497 e. The van der Waals surface area contributed by atoms with Crippen molar-refractivity contribution in [1.29, 1.82) is 0 Å². The lowest BCUT2D eigenvalue weighted by Gasteiger charge is -2.20. The number of rotatable bonds is 5. The van der Waals surface area contributed by atoms with Crippen LogP contribution in [0.15, 0.2) is 53.0 Å². The number of hydrogen-bond donors (Lipinski definition) is 2. The van der Waals surface area contributed by atoms with E-state index in [-0.39, 0.29) is 6.04 Å². The molecule has 2 aromatic carbocycles. The van der Waals surface area contributed by atoms with Gasteiger partial charge in [-0.15, -0.1) is 0 Å². The molecule has 0 aliphatic carbocycles. The van der Waals surface area contributed by atoms with E-state index in [2.05, 4.69) is 45.6 Å². The summed E-state index contributed by atoms with van der Waals surface area (Å²) in [6, 6.07) is 16.1. The third-order valence-electron chi connectivity index (χ3n) is 3.31. The maximum atomic E-state index is 5.41. The number of nitrogens with one attached hydrogen (secondary N) is 2. The zero-order valence-electron chi connectivity index (χ0n) is 12.6. The predicted octanol–water partition coefficient (Wildman–Crippen LogP) is 4.90. The monoisotopic (exact) mass is 378 g/mol. The van der Waals surface area contributed by atoms with Crippen LogP contribution in [-0.4, -0.2) is 12.2 Å². The maximum Gasteiger partial charge on any atom is 0.171 e. The highest BCUT2D eigenvalue weighted by Gasteiger charge is 2.11. The lowest BCUT2D eigenvalue weighted by atomic mass is 10.0. The van der Waals surface area contributed by atoms with Gasteiger partial charge in [-0.1, -0.05) is 41.1 Å². The minimum absolute atomic E-state index is 0.165. The Kier molecular flexibility index (Phi) is 6.21. The first-order chi connectivity index (χ1) is 10.6. The van der Waals surface area contributed by atoms with Crippen LogP contribution in [0.25, 0.3) is 0 Å². The number of thiocarbonyl (C=S) groups is 1. The van der Waals surface area contributed by atoms with Crippen molar-refractivity contribution >= 4 is 38.9 Å². The zero-order chi connectivity index (χ0) is 15.9. The molecule has 0 bridgehead atoms. The van der Waals surface area contributed by atoms with E-state index in [1.165, 1.54) is 5.56 Å². The van der Waals surface area contributed by atoms with Crippen molar-refractivity contribution in [2.45, 2.75) is 19.4 Å². The number of hydrogen-bond acceptors (Lipinski definition) is 2.